The minimum absolute atomic E-state index is 0.0862. The second kappa shape index (κ2) is 10.4. The van der Waals surface area contributed by atoms with Crippen LogP contribution in [-0.2, 0) is 13.1 Å². The fourth-order valence-electron chi connectivity index (χ4n) is 3.34. The van der Waals surface area contributed by atoms with Crippen molar-refractivity contribution in [2.24, 2.45) is 11.8 Å². The van der Waals surface area contributed by atoms with Crippen LogP contribution < -0.4 is 15.4 Å². The Morgan fingerprint density at radius 1 is 1.10 bits per heavy atom. The molecule has 1 saturated heterocycles. The predicted octanol–water partition coefficient (Wildman–Crippen LogP) is 4.18. The first-order chi connectivity index (χ1) is 14.4. The largest absolute Gasteiger partial charge is 0.493 e. The molecule has 3 rings (SSSR count). The average Bonchev–Trinajstić information content (AvgIpc) is 2.69. The van der Waals surface area contributed by atoms with E-state index in [1.807, 2.05) is 29.2 Å². The van der Waals surface area contributed by atoms with E-state index in [9.17, 15) is 9.18 Å². The lowest BCUT2D eigenvalue weighted by Gasteiger charge is -2.39. The molecule has 2 aromatic rings. The molecule has 0 radical (unpaired) electrons. The number of ether oxygens (including phenoxy) is 1. The van der Waals surface area contributed by atoms with Gasteiger partial charge in [-0.2, -0.15) is 0 Å². The molecule has 1 unspecified atom stereocenters. The summed E-state index contributed by atoms with van der Waals surface area (Å²) in [4.78, 5) is 14.9. The van der Waals surface area contributed by atoms with E-state index in [1.165, 1.54) is 12.1 Å². The minimum Gasteiger partial charge on any atom is -0.493 e. The maximum absolute atomic E-state index is 13.2. The molecule has 162 valence electrons. The van der Waals surface area contributed by atoms with Gasteiger partial charge in [0.2, 0.25) is 0 Å². The Hall–Kier alpha value is -2.60. The molecule has 1 atom stereocenters. The number of carbonyl (C=O) groups is 1. The molecule has 1 fully saturated rings. The van der Waals surface area contributed by atoms with Gasteiger partial charge >= 0.3 is 6.03 Å². The first-order valence-electron chi connectivity index (χ1n) is 10.6. The summed E-state index contributed by atoms with van der Waals surface area (Å²) in [5, 5.41) is 6.30. The number of nitrogens with zero attached hydrogens (tertiary/aromatic N) is 1. The molecular weight excluding hydrogens is 381 g/mol. The maximum atomic E-state index is 13.2. The first-order valence-corrected chi connectivity index (χ1v) is 10.6. The van der Waals surface area contributed by atoms with Crippen LogP contribution >= 0.6 is 0 Å². The van der Waals surface area contributed by atoms with Crippen LogP contribution in [0.4, 0.5) is 9.18 Å². The number of halogens is 1. The quantitative estimate of drug-likeness (QED) is 0.648. The van der Waals surface area contributed by atoms with Crippen molar-refractivity contribution in [1.29, 1.82) is 0 Å². The second-order valence-electron chi connectivity index (χ2n) is 8.42. The summed E-state index contributed by atoms with van der Waals surface area (Å²) in [7, 11) is 0. The van der Waals surface area contributed by atoms with Crippen LogP contribution in [0, 0.1) is 17.7 Å². The fourth-order valence-corrected chi connectivity index (χ4v) is 3.34. The molecular formula is C24H32FN3O2. The van der Waals surface area contributed by atoms with Crippen LogP contribution in [0.25, 0.3) is 0 Å². The van der Waals surface area contributed by atoms with Crippen molar-refractivity contribution in [3.8, 4) is 5.75 Å². The van der Waals surface area contributed by atoms with Crippen molar-refractivity contribution in [2.75, 3.05) is 19.7 Å². The number of nitrogens with one attached hydrogen (secondary N) is 2. The number of urea groups is 1. The summed E-state index contributed by atoms with van der Waals surface area (Å²) in [5.41, 5.74) is 1.93. The molecule has 6 heteroatoms. The highest BCUT2D eigenvalue weighted by Crippen LogP contribution is 2.19. The number of hydrogen-bond donors (Lipinski definition) is 2. The van der Waals surface area contributed by atoms with Gasteiger partial charge in [-0.15, -0.1) is 0 Å². The number of carbonyl (C=O) groups excluding carboxylic acids is 1. The number of rotatable bonds is 9. The van der Waals surface area contributed by atoms with Crippen LogP contribution in [-0.4, -0.2) is 36.7 Å². The molecule has 0 aliphatic carbocycles. The van der Waals surface area contributed by atoms with Crippen molar-refractivity contribution in [3.63, 3.8) is 0 Å². The molecule has 1 aliphatic rings. The summed E-state index contributed by atoms with van der Waals surface area (Å²) in [6, 6.07) is 14.1. The van der Waals surface area contributed by atoms with E-state index in [1.54, 1.807) is 12.1 Å². The van der Waals surface area contributed by atoms with E-state index in [2.05, 4.69) is 31.4 Å². The first kappa shape index (κ1) is 22.1. The van der Waals surface area contributed by atoms with E-state index in [0.29, 0.717) is 31.5 Å². The summed E-state index contributed by atoms with van der Waals surface area (Å²) in [6.45, 7) is 9.70. The molecule has 0 aromatic heterocycles. The van der Waals surface area contributed by atoms with Crippen molar-refractivity contribution in [1.82, 2.24) is 15.5 Å². The van der Waals surface area contributed by atoms with Gasteiger partial charge in [-0.3, -0.25) is 0 Å². The summed E-state index contributed by atoms with van der Waals surface area (Å²) in [5.74, 6) is 1.46. The Labute approximate surface area is 178 Å². The SMILES string of the molecule is CC(C)COc1ccc(CNC(=O)N(Cc2ccc(F)cc2)C(C)C2CNC2)cc1. The Morgan fingerprint density at radius 3 is 2.30 bits per heavy atom. The molecule has 2 N–H and O–H groups in total. The van der Waals surface area contributed by atoms with Crippen molar-refractivity contribution < 1.29 is 13.9 Å². The lowest BCUT2D eigenvalue weighted by Crippen LogP contribution is -2.56. The molecule has 0 bridgehead atoms. The Balaban J connectivity index is 1.60. The zero-order chi connectivity index (χ0) is 21.5. The number of hydrogen-bond acceptors (Lipinski definition) is 3. The van der Waals surface area contributed by atoms with E-state index >= 15 is 0 Å². The fraction of sp³-hybridized carbons (Fsp3) is 0.458. The highest BCUT2D eigenvalue weighted by molar-refractivity contribution is 5.74. The van der Waals surface area contributed by atoms with Gasteiger partial charge in [0.25, 0.3) is 0 Å². The topological polar surface area (TPSA) is 53.6 Å². The van der Waals surface area contributed by atoms with E-state index in [0.717, 1.165) is 30.0 Å². The smallest absolute Gasteiger partial charge is 0.318 e. The third-order valence-corrected chi connectivity index (χ3v) is 5.46. The third-order valence-electron chi connectivity index (χ3n) is 5.46. The second-order valence-corrected chi connectivity index (χ2v) is 8.42. The minimum atomic E-state index is -0.271. The molecule has 1 heterocycles. The molecule has 1 aliphatic heterocycles. The molecule has 0 saturated carbocycles. The summed E-state index contributed by atoms with van der Waals surface area (Å²) in [6.07, 6.45) is 0. The number of benzene rings is 2. The van der Waals surface area contributed by atoms with E-state index < -0.39 is 0 Å². The van der Waals surface area contributed by atoms with Gasteiger partial charge in [-0.1, -0.05) is 38.1 Å². The van der Waals surface area contributed by atoms with Crippen LogP contribution in [0.1, 0.15) is 31.9 Å². The Bertz CT molecular complexity index is 804. The van der Waals surface area contributed by atoms with Crippen LogP contribution in [0.2, 0.25) is 0 Å². The number of amides is 2. The highest BCUT2D eigenvalue weighted by Gasteiger charge is 2.31. The van der Waals surface area contributed by atoms with Crippen LogP contribution in [0.5, 0.6) is 5.75 Å². The molecule has 0 spiro atoms. The van der Waals surface area contributed by atoms with Crippen molar-refractivity contribution >= 4 is 6.03 Å². The van der Waals surface area contributed by atoms with E-state index in [4.69, 9.17) is 4.74 Å². The highest BCUT2D eigenvalue weighted by atomic mass is 19.1. The van der Waals surface area contributed by atoms with Gasteiger partial charge < -0.3 is 20.3 Å². The summed E-state index contributed by atoms with van der Waals surface area (Å²) >= 11 is 0. The van der Waals surface area contributed by atoms with Gasteiger partial charge in [0.15, 0.2) is 0 Å². The lowest BCUT2D eigenvalue weighted by atomic mass is 9.94. The van der Waals surface area contributed by atoms with Gasteiger partial charge in [-0.05, 0) is 48.2 Å². The Kier molecular flexibility index (Phi) is 7.69. The van der Waals surface area contributed by atoms with Gasteiger partial charge in [0.1, 0.15) is 11.6 Å². The standard InChI is InChI=1S/C24H32FN3O2/c1-17(2)16-30-23-10-6-19(7-11-23)12-27-24(29)28(18(3)21-13-26-14-21)15-20-4-8-22(25)9-5-20/h4-11,17-18,21,26H,12-16H2,1-3H3,(H,27,29). The molecule has 2 amide bonds. The molecule has 5 nitrogen and oxygen atoms in total. The zero-order valence-corrected chi connectivity index (χ0v) is 18.0. The molecule has 30 heavy (non-hydrogen) atoms. The Morgan fingerprint density at radius 2 is 1.73 bits per heavy atom. The van der Waals surface area contributed by atoms with Crippen LogP contribution in [0.15, 0.2) is 48.5 Å². The predicted molar refractivity (Wildman–Crippen MR) is 117 cm³/mol. The maximum Gasteiger partial charge on any atom is 0.318 e. The van der Waals surface area contributed by atoms with E-state index in [-0.39, 0.29) is 17.9 Å². The van der Waals surface area contributed by atoms with Gasteiger partial charge in [-0.25, -0.2) is 9.18 Å². The average molecular weight is 414 g/mol. The van der Waals surface area contributed by atoms with Crippen molar-refractivity contribution in [3.05, 3.63) is 65.5 Å². The summed E-state index contributed by atoms with van der Waals surface area (Å²) < 4.78 is 19.0. The monoisotopic (exact) mass is 413 g/mol. The van der Waals surface area contributed by atoms with Gasteiger partial charge in [0, 0.05) is 38.1 Å². The molecule has 2 aromatic carbocycles. The van der Waals surface area contributed by atoms with Gasteiger partial charge in [0.05, 0.1) is 6.61 Å². The third kappa shape index (κ3) is 6.20. The van der Waals surface area contributed by atoms with Crippen LogP contribution in [0.3, 0.4) is 0 Å². The van der Waals surface area contributed by atoms with Crippen molar-refractivity contribution in [2.45, 2.75) is 39.9 Å². The lowest BCUT2D eigenvalue weighted by molar-refractivity contribution is 0.128. The zero-order valence-electron chi connectivity index (χ0n) is 18.0. The normalized spacial score (nSPS) is 14.8.